The van der Waals surface area contributed by atoms with Crippen molar-refractivity contribution >= 4 is 17.8 Å². The number of carbonyl (C=O) groups is 3. The molecule has 2 aliphatic rings. The zero-order chi connectivity index (χ0) is 21.7. The summed E-state index contributed by atoms with van der Waals surface area (Å²) >= 11 is 0. The maximum Gasteiger partial charge on any atom is 0.326 e. The minimum absolute atomic E-state index is 0.109. The fraction of sp³-hybridized carbons (Fsp3) is 0.609. The van der Waals surface area contributed by atoms with Gasteiger partial charge in [0.25, 0.3) is 0 Å². The molecular formula is C23H33N3O4. The molecule has 30 heavy (non-hydrogen) atoms. The van der Waals surface area contributed by atoms with Gasteiger partial charge < -0.3 is 20.6 Å². The minimum atomic E-state index is -1.01. The normalized spacial score (nSPS) is 22.9. The molecule has 1 aromatic carbocycles. The van der Waals surface area contributed by atoms with Crippen LogP contribution in [-0.4, -0.2) is 59.5 Å². The van der Waals surface area contributed by atoms with Crippen LogP contribution >= 0.6 is 0 Å². The highest BCUT2D eigenvalue weighted by atomic mass is 16.4. The van der Waals surface area contributed by atoms with Crippen molar-refractivity contribution in [3.8, 4) is 0 Å². The first-order valence-electron chi connectivity index (χ1n) is 11.0. The fourth-order valence-corrected chi connectivity index (χ4v) is 4.59. The van der Waals surface area contributed by atoms with Crippen molar-refractivity contribution in [2.75, 3.05) is 19.6 Å². The topological polar surface area (TPSA) is 98.7 Å². The second kappa shape index (κ2) is 9.60. The molecule has 0 spiro atoms. The van der Waals surface area contributed by atoms with Crippen molar-refractivity contribution in [2.24, 2.45) is 5.92 Å². The van der Waals surface area contributed by atoms with Crippen LogP contribution in [0.2, 0.25) is 0 Å². The average Bonchev–Trinajstić information content (AvgIpc) is 3.31. The van der Waals surface area contributed by atoms with E-state index in [1.165, 1.54) is 0 Å². The molecule has 164 valence electrons. The third kappa shape index (κ3) is 4.51. The first-order valence-corrected chi connectivity index (χ1v) is 11.0. The number of aliphatic carboxylic acids is 1. The summed E-state index contributed by atoms with van der Waals surface area (Å²) < 4.78 is 0. The van der Waals surface area contributed by atoms with Crippen LogP contribution in [0.3, 0.4) is 0 Å². The van der Waals surface area contributed by atoms with Gasteiger partial charge >= 0.3 is 5.97 Å². The number of nitrogens with zero attached hydrogens (tertiary/aromatic N) is 1. The summed E-state index contributed by atoms with van der Waals surface area (Å²) in [7, 11) is 0. The first-order chi connectivity index (χ1) is 14.4. The number of amides is 2. The minimum Gasteiger partial charge on any atom is -0.480 e. The summed E-state index contributed by atoms with van der Waals surface area (Å²) in [6.07, 6.45) is 3.48. The molecule has 0 bridgehead atoms. The Morgan fingerprint density at radius 1 is 1.23 bits per heavy atom. The van der Waals surface area contributed by atoms with Gasteiger partial charge in [0.05, 0.1) is 11.5 Å². The van der Waals surface area contributed by atoms with Crippen molar-refractivity contribution in [2.45, 2.75) is 63.5 Å². The molecule has 0 radical (unpaired) electrons. The predicted molar refractivity (Wildman–Crippen MR) is 114 cm³/mol. The number of likely N-dealkylation sites (tertiary alicyclic amines) is 1. The van der Waals surface area contributed by atoms with Gasteiger partial charge in [-0.15, -0.1) is 0 Å². The van der Waals surface area contributed by atoms with E-state index >= 15 is 0 Å². The molecule has 0 aliphatic carbocycles. The molecule has 1 aromatic rings. The Labute approximate surface area is 178 Å². The summed E-state index contributed by atoms with van der Waals surface area (Å²) in [6.45, 7) is 5.60. The van der Waals surface area contributed by atoms with Crippen LogP contribution in [0.1, 0.15) is 51.5 Å². The standard InChI is InChI=1S/C23H33N3O4/c1-3-16(2)19(21(28)29)25-22(30)23(17-8-5-4-6-9-17)11-14-26(15-12-23)20(27)18-10-7-13-24-18/h4-6,8-9,16,18-19,24H,3,7,10-15H2,1-2H3,(H,25,30)(H,28,29)/t16-,18-,19-/m0/s1. The largest absolute Gasteiger partial charge is 0.480 e. The number of rotatable bonds is 7. The van der Waals surface area contributed by atoms with Crippen LogP contribution in [-0.2, 0) is 19.8 Å². The predicted octanol–water partition coefficient (Wildman–Crippen LogP) is 1.91. The van der Waals surface area contributed by atoms with Crippen molar-refractivity contribution in [1.29, 1.82) is 0 Å². The highest BCUT2D eigenvalue weighted by molar-refractivity contribution is 5.92. The van der Waals surface area contributed by atoms with Crippen molar-refractivity contribution in [3.63, 3.8) is 0 Å². The van der Waals surface area contributed by atoms with Gasteiger partial charge in [-0.3, -0.25) is 9.59 Å². The Hall–Kier alpha value is -2.41. The third-order valence-corrected chi connectivity index (χ3v) is 6.81. The molecular weight excluding hydrogens is 382 g/mol. The lowest BCUT2D eigenvalue weighted by atomic mass is 9.71. The molecule has 2 aliphatic heterocycles. The molecule has 2 fully saturated rings. The van der Waals surface area contributed by atoms with Gasteiger partial charge in [-0.1, -0.05) is 50.6 Å². The Kier molecular flexibility index (Phi) is 7.13. The SMILES string of the molecule is CC[C@H](C)[C@H](NC(=O)C1(c2ccccc2)CCN(C(=O)[C@@H]2CCCN2)CC1)C(=O)O. The molecule has 0 unspecified atom stereocenters. The Morgan fingerprint density at radius 3 is 2.43 bits per heavy atom. The lowest BCUT2D eigenvalue weighted by Gasteiger charge is -2.42. The molecule has 3 atom stereocenters. The fourth-order valence-electron chi connectivity index (χ4n) is 4.59. The number of hydrogen-bond acceptors (Lipinski definition) is 4. The van der Waals surface area contributed by atoms with Crippen LogP contribution in [0.15, 0.2) is 30.3 Å². The van der Waals surface area contributed by atoms with E-state index in [0.29, 0.717) is 32.4 Å². The number of benzene rings is 1. The zero-order valence-electron chi connectivity index (χ0n) is 17.9. The number of carbonyl (C=O) groups excluding carboxylic acids is 2. The van der Waals surface area contributed by atoms with E-state index < -0.39 is 17.4 Å². The molecule has 2 amide bonds. The van der Waals surface area contributed by atoms with Gasteiger partial charge in [0, 0.05) is 13.1 Å². The van der Waals surface area contributed by atoms with E-state index in [9.17, 15) is 19.5 Å². The van der Waals surface area contributed by atoms with Crippen molar-refractivity contribution < 1.29 is 19.5 Å². The molecule has 2 heterocycles. The van der Waals surface area contributed by atoms with Crippen LogP contribution < -0.4 is 10.6 Å². The summed E-state index contributed by atoms with van der Waals surface area (Å²) in [5.74, 6) is -1.33. The quantitative estimate of drug-likeness (QED) is 0.632. The third-order valence-electron chi connectivity index (χ3n) is 6.81. The van der Waals surface area contributed by atoms with Gasteiger partial charge in [0.15, 0.2) is 0 Å². The van der Waals surface area contributed by atoms with Crippen LogP contribution in [0, 0.1) is 5.92 Å². The van der Waals surface area contributed by atoms with Gasteiger partial charge in [-0.05, 0) is 43.7 Å². The Morgan fingerprint density at radius 2 is 1.90 bits per heavy atom. The number of nitrogens with one attached hydrogen (secondary N) is 2. The number of carboxylic acids is 1. The van der Waals surface area contributed by atoms with Gasteiger partial charge in [0.1, 0.15) is 6.04 Å². The average molecular weight is 416 g/mol. The summed E-state index contributed by atoms with van der Waals surface area (Å²) in [6, 6.07) is 8.50. The van der Waals surface area contributed by atoms with E-state index in [4.69, 9.17) is 0 Å². The van der Waals surface area contributed by atoms with Gasteiger partial charge in [-0.25, -0.2) is 4.79 Å². The lowest BCUT2D eigenvalue weighted by Crippen LogP contribution is -2.58. The van der Waals surface area contributed by atoms with Crippen molar-refractivity contribution in [1.82, 2.24) is 15.5 Å². The number of carboxylic acid groups (broad SMARTS) is 1. The van der Waals surface area contributed by atoms with Gasteiger partial charge in [0.2, 0.25) is 11.8 Å². The maximum atomic E-state index is 13.5. The molecule has 0 aromatic heterocycles. The van der Waals surface area contributed by atoms with Crippen molar-refractivity contribution in [3.05, 3.63) is 35.9 Å². The molecule has 7 heteroatoms. The summed E-state index contributed by atoms with van der Waals surface area (Å²) in [4.78, 5) is 39.9. The smallest absolute Gasteiger partial charge is 0.326 e. The highest BCUT2D eigenvalue weighted by Gasteiger charge is 2.45. The number of hydrogen-bond donors (Lipinski definition) is 3. The van der Waals surface area contributed by atoms with Crippen LogP contribution in [0.5, 0.6) is 0 Å². The maximum absolute atomic E-state index is 13.5. The second-order valence-electron chi connectivity index (χ2n) is 8.60. The molecule has 3 N–H and O–H groups in total. The molecule has 0 saturated carbocycles. The van der Waals surface area contributed by atoms with Crippen LogP contribution in [0.25, 0.3) is 0 Å². The first kappa shape index (κ1) is 22.3. The Balaban J connectivity index is 1.80. The van der Waals surface area contributed by atoms with E-state index in [0.717, 1.165) is 24.9 Å². The van der Waals surface area contributed by atoms with E-state index in [1.807, 2.05) is 49.1 Å². The Bertz CT molecular complexity index is 753. The van der Waals surface area contributed by atoms with Gasteiger partial charge in [-0.2, -0.15) is 0 Å². The highest BCUT2D eigenvalue weighted by Crippen LogP contribution is 2.36. The monoisotopic (exact) mass is 415 g/mol. The lowest BCUT2D eigenvalue weighted by molar-refractivity contribution is -0.145. The van der Waals surface area contributed by atoms with Crippen LogP contribution in [0.4, 0.5) is 0 Å². The van der Waals surface area contributed by atoms with E-state index in [2.05, 4.69) is 10.6 Å². The summed E-state index contributed by atoms with van der Waals surface area (Å²) in [5, 5.41) is 15.7. The molecule has 3 rings (SSSR count). The zero-order valence-corrected chi connectivity index (χ0v) is 17.9. The molecule has 2 saturated heterocycles. The second-order valence-corrected chi connectivity index (χ2v) is 8.60. The number of piperidine rings is 1. The van der Waals surface area contributed by atoms with E-state index in [1.54, 1.807) is 0 Å². The molecule has 7 nitrogen and oxygen atoms in total. The van der Waals surface area contributed by atoms with E-state index in [-0.39, 0.29) is 23.8 Å². The summed E-state index contributed by atoms with van der Waals surface area (Å²) in [5.41, 5.74) is 0.0457.